The molecule has 0 rings (SSSR count). The van der Waals surface area contributed by atoms with Crippen LogP contribution < -0.4 is 0 Å². The summed E-state index contributed by atoms with van der Waals surface area (Å²) in [6.45, 7) is 8.17. The maximum atomic E-state index is 8.20. The molecule has 0 spiro atoms. The summed E-state index contributed by atoms with van der Waals surface area (Å²) >= 11 is 0. The largest absolute Gasteiger partial charge is 0.474 e. The van der Waals surface area contributed by atoms with Gasteiger partial charge in [-0.05, 0) is 0 Å². The molecule has 4 nitrogen and oxygen atoms in total. The highest BCUT2D eigenvalue weighted by Gasteiger charge is 1.82. The Balaban J connectivity index is 0. The van der Waals surface area contributed by atoms with Gasteiger partial charge in [-0.2, -0.15) is 0 Å². The lowest BCUT2D eigenvalue weighted by Crippen LogP contribution is -2.05. The summed E-state index contributed by atoms with van der Waals surface area (Å²) in [4.78, 5) is 0. The second kappa shape index (κ2) is 17.3. The maximum Gasteiger partial charge on any atom is 0.0829 e. The van der Waals surface area contributed by atoms with E-state index in [2.05, 4.69) is 22.6 Å². The predicted octanol–water partition coefficient (Wildman–Crippen LogP) is 0.932. The lowest BCUT2D eigenvalue weighted by atomic mass is 10.7. The Kier molecular flexibility index (Phi) is 19.5. The Morgan fingerprint density at radius 1 is 1.15 bits per heavy atom. The highest BCUT2D eigenvalue weighted by atomic mass is 16.5. The Labute approximate surface area is 79.4 Å². The minimum atomic E-state index is 0.0870. The van der Waals surface area contributed by atoms with Gasteiger partial charge in [0.25, 0.3) is 0 Å². The van der Waals surface area contributed by atoms with Crippen molar-refractivity contribution in [2.45, 2.75) is 0 Å². The van der Waals surface area contributed by atoms with Gasteiger partial charge in [0, 0.05) is 7.11 Å². The molecule has 0 amide bonds. The van der Waals surface area contributed by atoms with Crippen molar-refractivity contribution in [2.75, 3.05) is 33.5 Å². The Hall–Kier alpha value is -0.840. The van der Waals surface area contributed by atoms with E-state index in [0.29, 0.717) is 19.8 Å². The number of methoxy groups -OCH3 is 1. The average Bonchev–Trinajstić information content (AvgIpc) is 2.15. The fraction of sp³-hybridized carbons (Fsp3) is 0.556. The second-order valence-corrected chi connectivity index (χ2v) is 1.80. The first kappa shape index (κ1) is 14.7. The topological polar surface area (TPSA) is 47.9 Å². The van der Waals surface area contributed by atoms with E-state index in [-0.39, 0.29) is 6.61 Å². The van der Waals surface area contributed by atoms with Crippen LogP contribution in [0, 0.1) is 0 Å². The SMILES string of the molecule is C=COC=C.COCCOCCO. The molecule has 0 heterocycles. The van der Waals surface area contributed by atoms with Crippen LogP contribution in [0.3, 0.4) is 0 Å². The van der Waals surface area contributed by atoms with E-state index in [0.717, 1.165) is 0 Å². The normalized spacial score (nSPS) is 8.15. The van der Waals surface area contributed by atoms with Crippen molar-refractivity contribution in [3.8, 4) is 0 Å². The van der Waals surface area contributed by atoms with Crippen LogP contribution in [0.1, 0.15) is 0 Å². The van der Waals surface area contributed by atoms with E-state index in [9.17, 15) is 0 Å². The van der Waals surface area contributed by atoms with Crippen molar-refractivity contribution in [2.24, 2.45) is 0 Å². The lowest BCUT2D eigenvalue weighted by Gasteiger charge is -1.98. The molecule has 4 heteroatoms. The molecule has 0 fully saturated rings. The molecule has 13 heavy (non-hydrogen) atoms. The van der Waals surface area contributed by atoms with Crippen LogP contribution >= 0.6 is 0 Å². The van der Waals surface area contributed by atoms with Crippen LogP contribution in [0.25, 0.3) is 0 Å². The zero-order valence-electron chi connectivity index (χ0n) is 8.07. The number of ether oxygens (including phenoxy) is 3. The summed E-state index contributed by atoms with van der Waals surface area (Å²) in [7, 11) is 1.61. The Morgan fingerprint density at radius 3 is 2.08 bits per heavy atom. The fourth-order valence-electron chi connectivity index (χ4n) is 0.377. The molecule has 0 atom stereocenters. The number of aliphatic hydroxyl groups excluding tert-OH is 1. The van der Waals surface area contributed by atoms with Gasteiger partial charge in [0.05, 0.1) is 39.0 Å². The molecule has 0 aromatic heterocycles. The van der Waals surface area contributed by atoms with E-state index in [1.807, 2.05) is 0 Å². The second-order valence-electron chi connectivity index (χ2n) is 1.80. The smallest absolute Gasteiger partial charge is 0.0829 e. The highest BCUT2D eigenvalue weighted by molar-refractivity contribution is 4.57. The van der Waals surface area contributed by atoms with E-state index < -0.39 is 0 Å². The van der Waals surface area contributed by atoms with Crippen LogP contribution in [0.4, 0.5) is 0 Å². The number of rotatable bonds is 7. The molecule has 0 bridgehead atoms. The molecule has 0 saturated heterocycles. The summed E-state index contributed by atoms with van der Waals surface area (Å²) in [5.41, 5.74) is 0. The molecular formula is C9H18O4. The number of aliphatic hydroxyl groups is 1. The van der Waals surface area contributed by atoms with E-state index >= 15 is 0 Å². The third-order valence-electron chi connectivity index (χ3n) is 0.860. The molecule has 0 aromatic rings. The molecule has 1 N–H and O–H groups in total. The Morgan fingerprint density at radius 2 is 1.77 bits per heavy atom. The fourth-order valence-corrected chi connectivity index (χ4v) is 0.377. The summed E-state index contributed by atoms with van der Waals surface area (Å²) in [5, 5.41) is 8.20. The first-order chi connectivity index (χ1) is 6.33. The number of hydrogen-bond acceptors (Lipinski definition) is 4. The first-order valence-corrected chi connectivity index (χ1v) is 3.88. The zero-order chi connectivity index (χ0) is 10.4. The van der Waals surface area contributed by atoms with E-state index in [1.165, 1.54) is 12.5 Å². The van der Waals surface area contributed by atoms with Crippen molar-refractivity contribution in [1.29, 1.82) is 0 Å². The third-order valence-corrected chi connectivity index (χ3v) is 0.860. The van der Waals surface area contributed by atoms with Gasteiger partial charge in [0.15, 0.2) is 0 Å². The summed E-state index contributed by atoms with van der Waals surface area (Å²) in [5.74, 6) is 0. The molecule has 0 aliphatic carbocycles. The first-order valence-electron chi connectivity index (χ1n) is 3.88. The average molecular weight is 190 g/mol. The zero-order valence-corrected chi connectivity index (χ0v) is 8.07. The molecule has 0 aliphatic rings. The van der Waals surface area contributed by atoms with Gasteiger partial charge < -0.3 is 19.3 Å². The highest BCUT2D eigenvalue weighted by Crippen LogP contribution is 1.72. The molecule has 78 valence electrons. The van der Waals surface area contributed by atoms with Gasteiger partial charge in [0.2, 0.25) is 0 Å². The van der Waals surface area contributed by atoms with Gasteiger partial charge in [0.1, 0.15) is 0 Å². The van der Waals surface area contributed by atoms with Crippen molar-refractivity contribution >= 4 is 0 Å². The van der Waals surface area contributed by atoms with Crippen LogP contribution in [0.2, 0.25) is 0 Å². The van der Waals surface area contributed by atoms with Crippen molar-refractivity contribution in [3.63, 3.8) is 0 Å². The van der Waals surface area contributed by atoms with Gasteiger partial charge in [-0.15, -0.1) is 0 Å². The van der Waals surface area contributed by atoms with Gasteiger partial charge in [-0.3, -0.25) is 0 Å². The standard InChI is InChI=1S/C5H12O3.C4H6O/c1-7-4-5-8-3-2-6;1-3-5-4-2/h6H,2-5H2,1H3;3-4H,1-2H2. The summed E-state index contributed by atoms with van der Waals surface area (Å²) in [6.07, 6.45) is 2.62. The quantitative estimate of drug-likeness (QED) is 0.479. The van der Waals surface area contributed by atoms with Gasteiger partial charge in [-0.25, -0.2) is 0 Å². The Bertz CT molecular complexity index is 91.8. The predicted molar refractivity (Wildman–Crippen MR) is 51.3 cm³/mol. The van der Waals surface area contributed by atoms with Crippen LogP contribution in [0.5, 0.6) is 0 Å². The van der Waals surface area contributed by atoms with Crippen LogP contribution in [-0.2, 0) is 14.2 Å². The molecule has 0 aliphatic heterocycles. The molecular weight excluding hydrogens is 172 g/mol. The molecule has 0 radical (unpaired) electrons. The van der Waals surface area contributed by atoms with E-state index in [1.54, 1.807) is 7.11 Å². The lowest BCUT2D eigenvalue weighted by molar-refractivity contribution is 0.0500. The van der Waals surface area contributed by atoms with Crippen molar-refractivity contribution in [3.05, 3.63) is 25.7 Å². The van der Waals surface area contributed by atoms with Crippen LogP contribution in [-0.4, -0.2) is 38.6 Å². The van der Waals surface area contributed by atoms with Gasteiger partial charge >= 0.3 is 0 Å². The summed E-state index contributed by atoms with van der Waals surface area (Å²) < 4.78 is 13.9. The maximum absolute atomic E-state index is 8.20. The molecule has 0 unspecified atom stereocenters. The van der Waals surface area contributed by atoms with Crippen molar-refractivity contribution in [1.82, 2.24) is 0 Å². The minimum Gasteiger partial charge on any atom is -0.474 e. The van der Waals surface area contributed by atoms with Gasteiger partial charge in [-0.1, -0.05) is 13.2 Å². The monoisotopic (exact) mass is 190 g/mol. The molecule has 0 saturated carbocycles. The summed E-state index contributed by atoms with van der Waals surface area (Å²) in [6, 6.07) is 0. The minimum absolute atomic E-state index is 0.0870. The van der Waals surface area contributed by atoms with Crippen molar-refractivity contribution < 1.29 is 19.3 Å². The van der Waals surface area contributed by atoms with E-state index in [4.69, 9.17) is 9.84 Å². The third kappa shape index (κ3) is 24.7. The molecule has 0 aromatic carbocycles. The van der Waals surface area contributed by atoms with Crippen LogP contribution in [0.15, 0.2) is 25.7 Å². The number of hydrogen-bond donors (Lipinski definition) is 1.